The van der Waals surface area contributed by atoms with Crippen molar-refractivity contribution in [1.29, 1.82) is 0 Å². The van der Waals surface area contributed by atoms with Crippen LogP contribution in [0, 0.1) is 0 Å². The van der Waals surface area contributed by atoms with Crippen molar-refractivity contribution in [3.63, 3.8) is 0 Å². The number of amides is 1. The molecule has 0 saturated carbocycles. The molecule has 0 fully saturated rings. The van der Waals surface area contributed by atoms with Crippen LogP contribution >= 0.6 is 0 Å². The SMILES string of the molecule is CC.CC.CCCCN(C(C)=O)/C(C)=C/C=C(\C)CO. The van der Waals surface area contributed by atoms with E-state index in [1.54, 1.807) is 11.8 Å². The van der Waals surface area contributed by atoms with E-state index in [-0.39, 0.29) is 12.5 Å². The molecule has 0 aliphatic rings. The van der Waals surface area contributed by atoms with Gasteiger partial charge in [-0.1, -0.05) is 47.1 Å². The summed E-state index contributed by atoms with van der Waals surface area (Å²) in [5.74, 6) is 0.0669. The first-order chi connectivity index (χ1) is 9.52. The molecule has 0 aromatic rings. The van der Waals surface area contributed by atoms with Gasteiger partial charge in [0.2, 0.25) is 5.91 Å². The summed E-state index contributed by atoms with van der Waals surface area (Å²) in [4.78, 5) is 13.2. The maximum Gasteiger partial charge on any atom is 0.223 e. The molecular weight excluding hydrogens is 250 g/mol. The summed E-state index contributed by atoms with van der Waals surface area (Å²) in [6.07, 6.45) is 5.80. The number of carbonyl (C=O) groups excluding carboxylic acids is 1. The van der Waals surface area contributed by atoms with Crippen molar-refractivity contribution in [2.24, 2.45) is 0 Å². The highest BCUT2D eigenvalue weighted by Gasteiger charge is 2.08. The van der Waals surface area contributed by atoms with E-state index in [4.69, 9.17) is 5.11 Å². The van der Waals surface area contributed by atoms with Gasteiger partial charge >= 0.3 is 0 Å². The van der Waals surface area contributed by atoms with Gasteiger partial charge in [0.1, 0.15) is 0 Å². The molecule has 0 atom stereocenters. The van der Waals surface area contributed by atoms with Gasteiger partial charge in [0.25, 0.3) is 0 Å². The highest BCUT2D eigenvalue weighted by Crippen LogP contribution is 2.07. The van der Waals surface area contributed by atoms with Crippen LogP contribution in [-0.2, 0) is 4.79 Å². The lowest BCUT2D eigenvalue weighted by molar-refractivity contribution is -0.127. The highest BCUT2D eigenvalue weighted by molar-refractivity contribution is 5.75. The van der Waals surface area contributed by atoms with Crippen LogP contribution in [-0.4, -0.2) is 29.1 Å². The molecule has 0 radical (unpaired) electrons. The fourth-order valence-corrected chi connectivity index (χ4v) is 1.30. The topological polar surface area (TPSA) is 40.5 Å². The highest BCUT2D eigenvalue weighted by atomic mass is 16.3. The number of rotatable bonds is 6. The summed E-state index contributed by atoms with van der Waals surface area (Å²) < 4.78 is 0. The van der Waals surface area contributed by atoms with E-state index in [0.29, 0.717) is 0 Å². The fourth-order valence-electron chi connectivity index (χ4n) is 1.30. The molecule has 0 heterocycles. The average Bonchev–Trinajstić information content (AvgIpc) is 2.48. The van der Waals surface area contributed by atoms with Crippen LogP contribution in [0.25, 0.3) is 0 Å². The predicted octanol–water partition coefficient (Wildman–Crippen LogP) is 4.53. The molecule has 0 bridgehead atoms. The van der Waals surface area contributed by atoms with Crippen LogP contribution in [0.5, 0.6) is 0 Å². The molecule has 0 rings (SSSR count). The second-order valence-electron chi connectivity index (χ2n) is 4.00. The minimum Gasteiger partial charge on any atom is -0.392 e. The van der Waals surface area contributed by atoms with E-state index in [2.05, 4.69) is 6.92 Å². The lowest BCUT2D eigenvalue weighted by Crippen LogP contribution is -2.27. The third kappa shape index (κ3) is 13.3. The van der Waals surface area contributed by atoms with E-state index in [0.717, 1.165) is 30.7 Å². The van der Waals surface area contributed by atoms with Gasteiger partial charge in [0, 0.05) is 19.2 Å². The zero-order valence-corrected chi connectivity index (χ0v) is 14.8. The zero-order valence-electron chi connectivity index (χ0n) is 14.8. The molecule has 1 N–H and O–H groups in total. The first-order valence-corrected chi connectivity index (χ1v) is 7.76. The van der Waals surface area contributed by atoms with Crippen LogP contribution in [0.2, 0.25) is 0 Å². The number of hydrogen-bond donors (Lipinski definition) is 1. The van der Waals surface area contributed by atoms with E-state index < -0.39 is 0 Å². The smallest absolute Gasteiger partial charge is 0.223 e. The van der Waals surface area contributed by atoms with Crippen molar-refractivity contribution in [3.05, 3.63) is 23.4 Å². The van der Waals surface area contributed by atoms with Crippen molar-refractivity contribution in [2.45, 2.75) is 68.2 Å². The minimum absolute atomic E-state index is 0.0544. The lowest BCUT2D eigenvalue weighted by Gasteiger charge is -2.21. The Morgan fingerprint density at radius 1 is 1.05 bits per heavy atom. The van der Waals surface area contributed by atoms with Gasteiger partial charge in [-0.15, -0.1) is 0 Å². The van der Waals surface area contributed by atoms with Crippen molar-refractivity contribution < 1.29 is 9.90 Å². The summed E-state index contributed by atoms with van der Waals surface area (Å²) in [6.45, 7) is 16.3. The number of aliphatic hydroxyl groups is 1. The van der Waals surface area contributed by atoms with Crippen LogP contribution < -0.4 is 0 Å². The fraction of sp³-hybridized carbons (Fsp3) is 0.706. The van der Waals surface area contributed by atoms with Crippen molar-refractivity contribution in [3.8, 4) is 0 Å². The molecule has 0 unspecified atom stereocenters. The summed E-state index contributed by atoms with van der Waals surface area (Å²) in [5.41, 5.74) is 1.81. The molecule has 3 nitrogen and oxygen atoms in total. The van der Waals surface area contributed by atoms with Crippen molar-refractivity contribution in [1.82, 2.24) is 4.90 Å². The quantitative estimate of drug-likeness (QED) is 0.728. The number of hydrogen-bond acceptors (Lipinski definition) is 2. The van der Waals surface area contributed by atoms with E-state index in [9.17, 15) is 4.79 Å². The number of allylic oxidation sites excluding steroid dienone is 3. The maximum absolute atomic E-state index is 11.4. The monoisotopic (exact) mass is 285 g/mol. The summed E-state index contributed by atoms with van der Waals surface area (Å²) in [7, 11) is 0. The minimum atomic E-state index is 0.0544. The average molecular weight is 285 g/mol. The van der Waals surface area contributed by atoms with Gasteiger partial charge in [0.05, 0.1) is 6.61 Å². The second-order valence-corrected chi connectivity index (χ2v) is 4.00. The molecule has 0 aromatic heterocycles. The van der Waals surface area contributed by atoms with Gasteiger partial charge in [-0.2, -0.15) is 0 Å². The Labute approximate surface area is 126 Å². The summed E-state index contributed by atoms with van der Waals surface area (Å²) in [5, 5.41) is 8.86. The third-order valence-electron chi connectivity index (χ3n) is 2.40. The Balaban J connectivity index is -0.000000656. The van der Waals surface area contributed by atoms with Crippen LogP contribution in [0.1, 0.15) is 68.2 Å². The van der Waals surface area contributed by atoms with Crippen LogP contribution in [0.15, 0.2) is 23.4 Å². The Hall–Kier alpha value is -1.09. The normalized spacial score (nSPS) is 10.8. The number of carbonyl (C=O) groups is 1. The molecule has 1 amide bonds. The van der Waals surface area contributed by atoms with Gasteiger partial charge in [-0.05, 0) is 31.9 Å². The molecule has 3 heteroatoms. The zero-order chi connectivity index (χ0) is 16.6. The van der Waals surface area contributed by atoms with Gasteiger partial charge in [-0.25, -0.2) is 0 Å². The van der Waals surface area contributed by atoms with E-state index in [1.807, 2.05) is 53.7 Å². The first-order valence-electron chi connectivity index (χ1n) is 7.76. The number of unbranched alkanes of at least 4 members (excludes halogenated alkanes) is 1. The molecule has 20 heavy (non-hydrogen) atoms. The molecule has 0 saturated heterocycles. The summed E-state index contributed by atoms with van der Waals surface area (Å²) >= 11 is 0. The number of nitrogens with zero attached hydrogens (tertiary/aromatic N) is 1. The first kappa shape index (κ1) is 24.0. The Morgan fingerprint density at radius 2 is 1.55 bits per heavy atom. The van der Waals surface area contributed by atoms with Crippen molar-refractivity contribution in [2.75, 3.05) is 13.2 Å². The maximum atomic E-state index is 11.4. The Morgan fingerprint density at radius 3 is 1.90 bits per heavy atom. The molecule has 120 valence electrons. The summed E-state index contributed by atoms with van der Waals surface area (Å²) in [6, 6.07) is 0. The van der Waals surface area contributed by atoms with E-state index >= 15 is 0 Å². The Bertz CT molecular complexity index is 281. The molecular formula is C17H35NO2. The van der Waals surface area contributed by atoms with Crippen LogP contribution in [0.4, 0.5) is 0 Å². The van der Waals surface area contributed by atoms with E-state index in [1.165, 1.54) is 0 Å². The van der Waals surface area contributed by atoms with Crippen LogP contribution in [0.3, 0.4) is 0 Å². The van der Waals surface area contributed by atoms with Crippen molar-refractivity contribution >= 4 is 5.91 Å². The second kappa shape index (κ2) is 17.9. The number of aliphatic hydroxyl groups excluding tert-OH is 1. The lowest BCUT2D eigenvalue weighted by atomic mass is 10.2. The molecule has 0 spiro atoms. The molecule has 0 aliphatic carbocycles. The largest absolute Gasteiger partial charge is 0.392 e. The van der Waals surface area contributed by atoms with Gasteiger partial charge < -0.3 is 10.0 Å². The standard InChI is InChI=1S/C13H23NO2.2C2H6/c1-5-6-9-14(13(4)16)12(3)8-7-11(2)10-15;2*1-2/h7-8,15H,5-6,9-10H2,1-4H3;2*1-2H3/b11-7+,12-8+;;. The Kier molecular flexibility index (Phi) is 21.5. The molecule has 0 aromatic carbocycles. The van der Waals surface area contributed by atoms with Gasteiger partial charge in [-0.3, -0.25) is 4.79 Å². The third-order valence-corrected chi connectivity index (χ3v) is 2.40. The predicted molar refractivity (Wildman–Crippen MR) is 89.6 cm³/mol. The molecule has 0 aliphatic heterocycles. The van der Waals surface area contributed by atoms with Gasteiger partial charge in [0.15, 0.2) is 0 Å².